The van der Waals surface area contributed by atoms with E-state index in [-0.39, 0.29) is 25.3 Å². The van der Waals surface area contributed by atoms with Crippen LogP contribution in [0, 0.1) is 5.92 Å². The van der Waals surface area contributed by atoms with E-state index in [9.17, 15) is 9.90 Å². The van der Waals surface area contributed by atoms with Gasteiger partial charge in [-0.2, -0.15) is 0 Å². The quantitative estimate of drug-likeness (QED) is 0.178. The number of aliphatic hydroxyl groups is 1. The molecule has 2 aliphatic heterocycles. The van der Waals surface area contributed by atoms with E-state index in [1.165, 1.54) is 12.8 Å². The average Bonchev–Trinajstić information content (AvgIpc) is 3.53. The van der Waals surface area contributed by atoms with Crippen molar-refractivity contribution in [3.63, 3.8) is 0 Å². The Morgan fingerprint density at radius 1 is 0.902 bits per heavy atom. The van der Waals surface area contributed by atoms with Gasteiger partial charge in [0.15, 0.2) is 11.5 Å². The molecule has 7 nitrogen and oxygen atoms in total. The molecule has 3 aromatic rings. The third kappa shape index (κ3) is 6.58. The molecular weight excluding hydrogens is 518 g/mol. The van der Waals surface area contributed by atoms with Crippen LogP contribution in [-0.2, 0) is 4.79 Å². The van der Waals surface area contributed by atoms with Crippen LogP contribution in [0.5, 0.6) is 23.0 Å². The number of β-amino-alcohol motifs (C(OH)–C–C–N with tert-alkyl or cyclic N) is 1. The minimum Gasteiger partial charge on any atom is -0.491 e. The van der Waals surface area contributed by atoms with Crippen molar-refractivity contribution < 1.29 is 28.8 Å². The lowest BCUT2D eigenvalue weighted by molar-refractivity contribution is -0.135. The van der Waals surface area contributed by atoms with Gasteiger partial charge in [0, 0.05) is 6.54 Å². The maximum absolute atomic E-state index is 12.2. The predicted octanol–water partition coefficient (Wildman–Crippen LogP) is 5.94. The number of benzene rings is 3. The lowest BCUT2D eigenvalue weighted by Gasteiger charge is -2.20. The number of nitrogens with zero attached hydrogens (tertiary/aromatic N) is 1. The maximum Gasteiger partial charge on any atom is 0.314 e. The molecular formula is C34H37NO6. The molecule has 0 bridgehead atoms. The van der Waals surface area contributed by atoms with Gasteiger partial charge in [0.05, 0.1) is 5.92 Å². The van der Waals surface area contributed by atoms with Crippen molar-refractivity contribution in [2.75, 3.05) is 33.0 Å². The van der Waals surface area contributed by atoms with E-state index in [0.717, 1.165) is 77.4 Å². The van der Waals surface area contributed by atoms with Crippen molar-refractivity contribution in [3.8, 4) is 23.0 Å². The van der Waals surface area contributed by atoms with Crippen LogP contribution in [0.3, 0.4) is 0 Å². The fraction of sp³-hybridized carbons (Fsp3) is 0.382. The van der Waals surface area contributed by atoms with E-state index in [1.807, 2.05) is 48.5 Å². The van der Waals surface area contributed by atoms with Crippen LogP contribution >= 0.6 is 0 Å². The first kappa shape index (κ1) is 27.4. The first-order valence-electron chi connectivity index (χ1n) is 14.7. The Hall–Kier alpha value is -3.81. The van der Waals surface area contributed by atoms with Crippen molar-refractivity contribution in [3.05, 3.63) is 83.4 Å². The summed E-state index contributed by atoms with van der Waals surface area (Å²) >= 11 is 0. The summed E-state index contributed by atoms with van der Waals surface area (Å²) in [6.45, 7) is 5.38. The molecule has 0 amide bonds. The highest BCUT2D eigenvalue weighted by molar-refractivity contribution is 5.99. The molecule has 1 saturated heterocycles. The van der Waals surface area contributed by atoms with Crippen LogP contribution in [0.2, 0.25) is 0 Å². The molecule has 1 N–H and O–H groups in total. The van der Waals surface area contributed by atoms with Gasteiger partial charge in [-0.3, -0.25) is 4.79 Å². The summed E-state index contributed by atoms with van der Waals surface area (Å²) in [5.74, 6) is 2.67. The van der Waals surface area contributed by atoms with Crippen LogP contribution in [0.25, 0.3) is 11.1 Å². The third-order valence-corrected chi connectivity index (χ3v) is 7.90. The molecule has 1 atom stereocenters. The minimum absolute atomic E-state index is 0.0462. The van der Waals surface area contributed by atoms with Gasteiger partial charge < -0.3 is 29.0 Å². The van der Waals surface area contributed by atoms with Crippen molar-refractivity contribution in [2.24, 2.45) is 5.92 Å². The first-order valence-corrected chi connectivity index (χ1v) is 14.7. The zero-order valence-electron chi connectivity index (χ0n) is 23.5. The molecule has 2 fully saturated rings. The molecule has 7 heteroatoms. The number of hydrogen-bond donors (Lipinski definition) is 1. The second kappa shape index (κ2) is 12.4. The number of aliphatic hydroxyl groups excluding tert-OH is 1. The van der Waals surface area contributed by atoms with Crippen LogP contribution in [0.1, 0.15) is 55.7 Å². The van der Waals surface area contributed by atoms with Gasteiger partial charge in [-0.15, -0.1) is 0 Å². The second-order valence-corrected chi connectivity index (χ2v) is 11.0. The number of ether oxygens (including phenoxy) is 4. The topological polar surface area (TPSA) is 77.5 Å². The second-order valence-electron chi connectivity index (χ2n) is 11.0. The van der Waals surface area contributed by atoms with Gasteiger partial charge in [0.25, 0.3) is 0 Å². The number of allylic oxidation sites excluding steroid dienone is 1. The molecule has 3 aliphatic rings. The number of carbonyl (C=O) groups excluding carboxylic acids is 1. The summed E-state index contributed by atoms with van der Waals surface area (Å²) in [4.78, 5) is 14.5. The Bertz CT molecular complexity index is 1390. The Morgan fingerprint density at radius 2 is 1.54 bits per heavy atom. The highest BCUT2D eigenvalue weighted by Gasteiger charge is 2.31. The lowest BCUT2D eigenvalue weighted by Crippen LogP contribution is -2.33. The van der Waals surface area contributed by atoms with Crippen molar-refractivity contribution in [1.29, 1.82) is 0 Å². The Kier molecular flexibility index (Phi) is 8.26. The highest BCUT2D eigenvalue weighted by atomic mass is 16.7. The summed E-state index contributed by atoms with van der Waals surface area (Å²) in [6.07, 6.45) is 4.49. The zero-order valence-corrected chi connectivity index (χ0v) is 23.5. The maximum atomic E-state index is 12.2. The van der Waals surface area contributed by atoms with E-state index < -0.39 is 6.10 Å². The van der Waals surface area contributed by atoms with Gasteiger partial charge in [0.1, 0.15) is 24.2 Å². The fourth-order valence-electron chi connectivity index (χ4n) is 5.56. The first-order chi connectivity index (χ1) is 20.1. The molecule has 0 aromatic heterocycles. The Balaban J connectivity index is 1.27. The third-order valence-electron chi connectivity index (χ3n) is 7.90. The highest BCUT2D eigenvalue weighted by Crippen LogP contribution is 2.40. The summed E-state index contributed by atoms with van der Waals surface area (Å²) in [5.41, 5.74) is 5.33. The smallest absolute Gasteiger partial charge is 0.314 e. The van der Waals surface area contributed by atoms with E-state index >= 15 is 0 Å². The zero-order chi connectivity index (χ0) is 28.2. The van der Waals surface area contributed by atoms with Crippen LogP contribution in [0.4, 0.5) is 0 Å². The van der Waals surface area contributed by atoms with Crippen molar-refractivity contribution in [1.82, 2.24) is 4.90 Å². The lowest BCUT2D eigenvalue weighted by atomic mass is 9.88. The van der Waals surface area contributed by atoms with Gasteiger partial charge in [-0.05, 0) is 109 Å². The van der Waals surface area contributed by atoms with Gasteiger partial charge >= 0.3 is 5.97 Å². The van der Waals surface area contributed by atoms with Gasteiger partial charge in [0.2, 0.25) is 6.79 Å². The number of carbonyl (C=O) groups is 1. The summed E-state index contributed by atoms with van der Waals surface area (Å²) in [5, 5.41) is 10.4. The number of esters is 1. The SMILES string of the molecule is CC/C(=C(/c1ccc(OCC(O)CN2CCCC2)cc1)c1ccc(OC(=O)C2CC2)cc1)c1ccc2c(c1)OCO2. The molecule has 6 rings (SSSR count). The van der Waals surface area contributed by atoms with Crippen LogP contribution < -0.4 is 18.9 Å². The Labute approximate surface area is 241 Å². The number of likely N-dealkylation sites (tertiary alicyclic amines) is 1. The molecule has 0 radical (unpaired) electrons. The van der Waals surface area contributed by atoms with E-state index in [4.69, 9.17) is 18.9 Å². The summed E-state index contributed by atoms with van der Waals surface area (Å²) in [6, 6.07) is 21.8. The van der Waals surface area contributed by atoms with Crippen LogP contribution in [-0.4, -0.2) is 55.1 Å². The fourth-order valence-corrected chi connectivity index (χ4v) is 5.56. The van der Waals surface area contributed by atoms with Gasteiger partial charge in [-0.1, -0.05) is 37.3 Å². The number of rotatable bonds is 11. The predicted molar refractivity (Wildman–Crippen MR) is 157 cm³/mol. The largest absolute Gasteiger partial charge is 0.491 e. The molecule has 2 heterocycles. The molecule has 1 aliphatic carbocycles. The average molecular weight is 556 g/mol. The minimum atomic E-state index is -0.520. The molecule has 41 heavy (non-hydrogen) atoms. The van der Waals surface area contributed by atoms with Crippen molar-refractivity contribution in [2.45, 2.75) is 45.1 Å². The molecule has 214 valence electrons. The molecule has 0 spiro atoms. The standard InChI is InChI=1S/C34H37NO6/c1-2-30(26-11-16-31-32(19-26)40-22-39-31)33(24-9-14-29(15-10-24)41-34(37)25-5-6-25)23-7-12-28(13-8-23)38-21-27(36)20-35-17-3-4-18-35/h7-16,19,25,27,36H,2-6,17-18,20-22H2,1H3/b33-30+. The Morgan fingerprint density at radius 3 is 2.20 bits per heavy atom. The van der Waals surface area contributed by atoms with E-state index in [1.54, 1.807) is 0 Å². The van der Waals surface area contributed by atoms with Crippen molar-refractivity contribution >= 4 is 17.1 Å². The monoisotopic (exact) mass is 555 g/mol. The van der Waals surface area contributed by atoms with Gasteiger partial charge in [-0.25, -0.2) is 0 Å². The number of fused-ring (bicyclic) bond motifs is 1. The van der Waals surface area contributed by atoms with Crippen LogP contribution in [0.15, 0.2) is 66.7 Å². The molecule has 3 aromatic carbocycles. The molecule has 1 saturated carbocycles. The molecule has 1 unspecified atom stereocenters. The summed E-state index contributed by atoms with van der Waals surface area (Å²) < 4.78 is 22.7. The van der Waals surface area contributed by atoms with E-state index in [0.29, 0.717) is 12.3 Å². The number of hydrogen-bond acceptors (Lipinski definition) is 7. The summed E-state index contributed by atoms with van der Waals surface area (Å²) in [7, 11) is 0. The normalized spacial score (nSPS) is 17.7. The van der Waals surface area contributed by atoms with E-state index in [2.05, 4.69) is 30.0 Å².